The zero-order valence-corrected chi connectivity index (χ0v) is 21.2. The molecule has 1 amide bonds. The van der Waals surface area contributed by atoms with Gasteiger partial charge in [-0.15, -0.1) is 0 Å². The van der Waals surface area contributed by atoms with E-state index in [1.54, 1.807) is 12.4 Å². The summed E-state index contributed by atoms with van der Waals surface area (Å²) in [4.78, 5) is 22.5. The Labute approximate surface area is 220 Å². The summed E-state index contributed by atoms with van der Waals surface area (Å²) in [7, 11) is 0. The van der Waals surface area contributed by atoms with Gasteiger partial charge in [0.05, 0.1) is 58.4 Å². The Kier molecular flexibility index (Phi) is 7.45. The fourth-order valence-corrected chi connectivity index (χ4v) is 5.11. The number of pyridine rings is 2. The highest BCUT2D eigenvalue weighted by atomic mass is 16.6. The number of hydrogen-bond acceptors (Lipinski definition) is 7. The Morgan fingerprint density at radius 3 is 1.76 bits per heavy atom. The Hall–Kier alpha value is -3.57. The van der Waals surface area contributed by atoms with E-state index in [9.17, 15) is 4.79 Å². The molecule has 6 heterocycles. The normalized spacial score (nSPS) is 18.7. The molecule has 0 unspecified atom stereocenters. The van der Waals surface area contributed by atoms with Crippen LogP contribution < -0.4 is 5.32 Å². The zero-order chi connectivity index (χ0) is 25.7. The lowest BCUT2D eigenvalue weighted by atomic mass is 9.97. The van der Waals surface area contributed by atoms with Gasteiger partial charge in [0.25, 0.3) is 5.91 Å². The van der Waals surface area contributed by atoms with Crippen LogP contribution in [0.2, 0.25) is 0 Å². The fourth-order valence-electron chi connectivity index (χ4n) is 5.11. The summed E-state index contributed by atoms with van der Waals surface area (Å²) in [5, 5.41) is 5.00. The van der Waals surface area contributed by atoms with Gasteiger partial charge in [-0.25, -0.2) is 9.97 Å². The maximum atomic E-state index is 13.3. The lowest BCUT2D eigenvalue weighted by molar-refractivity contribution is -0.114. The number of nitrogens with one attached hydrogen (secondary N) is 1. The van der Waals surface area contributed by atoms with Crippen molar-refractivity contribution in [1.82, 2.24) is 24.4 Å². The molecule has 10 heteroatoms. The van der Waals surface area contributed by atoms with Crippen LogP contribution in [0.3, 0.4) is 0 Å². The van der Waals surface area contributed by atoms with Gasteiger partial charge in [0.2, 0.25) is 0 Å². The molecule has 0 aliphatic carbocycles. The Morgan fingerprint density at radius 1 is 0.684 bits per heavy atom. The van der Waals surface area contributed by atoms with Crippen LogP contribution in [0.15, 0.2) is 49.1 Å². The van der Waals surface area contributed by atoms with Crippen molar-refractivity contribution >= 4 is 39.1 Å². The third-order valence-electron chi connectivity index (χ3n) is 6.89. The van der Waals surface area contributed by atoms with Crippen LogP contribution in [-0.2, 0) is 36.8 Å². The molecule has 0 radical (unpaired) electrons. The van der Waals surface area contributed by atoms with Crippen molar-refractivity contribution in [3.63, 3.8) is 0 Å². The van der Waals surface area contributed by atoms with Crippen molar-refractivity contribution in [2.75, 3.05) is 59.4 Å². The van der Waals surface area contributed by atoms with Gasteiger partial charge in [-0.2, -0.15) is 0 Å². The molecular formula is C28H31N5O5. The maximum absolute atomic E-state index is 13.3. The Bertz CT molecular complexity index is 1470. The summed E-state index contributed by atoms with van der Waals surface area (Å²) in [5.74, 6) is -0.0844. The third kappa shape index (κ3) is 4.95. The van der Waals surface area contributed by atoms with E-state index >= 15 is 0 Å². The van der Waals surface area contributed by atoms with E-state index in [1.165, 1.54) is 0 Å². The molecular weight excluding hydrogens is 486 g/mol. The van der Waals surface area contributed by atoms with Gasteiger partial charge in [0.1, 0.15) is 11.3 Å². The molecule has 10 nitrogen and oxygen atoms in total. The van der Waals surface area contributed by atoms with Crippen molar-refractivity contribution in [3.05, 3.63) is 60.2 Å². The number of amides is 1. The van der Waals surface area contributed by atoms with Crippen LogP contribution in [-0.4, -0.2) is 84.4 Å². The van der Waals surface area contributed by atoms with E-state index in [4.69, 9.17) is 18.9 Å². The monoisotopic (exact) mass is 517 g/mol. The zero-order valence-electron chi connectivity index (χ0n) is 21.2. The summed E-state index contributed by atoms with van der Waals surface area (Å²) in [6, 6.07) is 7.91. The lowest BCUT2D eigenvalue weighted by Gasteiger charge is -2.09. The van der Waals surface area contributed by atoms with Crippen molar-refractivity contribution in [3.8, 4) is 0 Å². The molecule has 4 bridgehead atoms. The summed E-state index contributed by atoms with van der Waals surface area (Å²) < 4.78 is 27.0. The van der Waals surface area contributed by atoms with E-state index in [1.807, 2.05) is 24.4 Å². The largest absolute Gasteiger partial charge is 0.377 e. The molecule has 198 valence electrons. The number of aromatic nitrogens is 4. The molecule has 38 heavy (non-hydrogen) atoms. The molecule has 2 aliphatic rings. The summed E-state index contributed by atoms with van der Waals surface area (Å²) in [5.41, 5.74) is 5.20. The predicted octanol–water partition coefficient (Wildman–Crippen LogP) is 2.51. The number of carbonyl (C=O) groups is 1. The van der Waals surface area contributed by atoms with Gasteiger partial charge < -0.3 is 33.4 Å². The molecule has 1 N–H and O–H groups in total. The first-order valence-corrected chi connectivity index (χ1v) is 13.0. The van der Waals surface area contributed by atoms with Crippen LogP contribution in [0.25, 0.3) is 33.2 Å². The number of ether oxygens (including phenoxy) is 4. The minimum Gasteiger partial charge on any atom is -0.377 e. The molecule has 0 saturated heterocycles. The SMILES string of the molecule is O=C1NCC2=C1c1cn(c3ncccc13)CCOCCOCCOCCOCCn1cc2c2cccnc21. The van der Waals surface area contributed by atoms with Gasteiger partial charge in [0, 0.05) is 66.3 Å². The van der Waals surface area contributed by atoms with Gasteiger partial charge in [-0.3, -0.25) is 4.79 Å². The van der Waals surface area contributed by atoms with Crippen LogP contribution in [0, 0.1) is 0 Å². The molecule has 0 spiro atoms. The van der Waals surface area contributed by atoms with E-state index in [2.05, 4.69) is 36.7 Å². The van der Waals surface area contributed by atoms with Crippen molar-refractivity contribution in [1.29, 1.82) is 0 Å². The lowest BCUT2D eigenvalue weighted by Crippen LogP contribution is -2.17. The number of rotatable bonds is 0. The van der Waals surface area contributed by atoms with E-state index in [-0.39, 0.29) is 5.91 Å². The van der Waals surface area contributed by atoms with Gasteiger partial charge in [-0.1, -0.05) is 0 Å². The highest BCUT2D eigenvalue weighted by Gasteiger charge is 2.30. The van der Waals surface area contributed by atoms with Gasteiger partial charge >= 0.3 is 0 Å². The highest BCUT2D eigenvalue weighted by molar-refractivity contribution is 6.33. The predicted molar refractivity (Wildman–Crippen MR) is 143 cm³/mol. The second-order valence-corrected chi connectivity index (χ2v) is 9.21. The molecule has 4 aromatic rings. The standard InChI is InChI=1S/C28H31N5O5/c34-28-25-22(17-31-28)23-18-32(26-20(23)3-1-5-29-26)7-9-35-11-13-37-15-16-38-14-12-36-10-8-33-19-24(25)21-4-2-6-30-27(21)33/h1-6,18-19H,7-17H2,(H,31,34). The molecule has 2 aliphatic heterocycles. The minimum atomic E-state index is -0.0844. The second kappa shape index (κ2) is 11.4. The summed E-state index contributed by atoms with van der Waals surface area (Å²) >= 11 is 0. The maximum Gasteiger partial charge on any atom is 0.252 e. The Balaban J connectivity index is 1.42. The first kappa shape index (κ1) is 24.7. The summed E-state index contributed by atoms with van der Waals surface area (Å²) in [6.45, 7) is 5.81. The van der Waals surface area contributed by atoms with Crippen LogP contribution in [0.1, 0.15) is 11.1 Å². The molecule has 0 fully saturated rings. The van der Waals surface area contributed by atoms with Crippen LogP contribution in [0.4, 0.5) is 0 Å². The smallest absolute Gasteiger partial charge is 0.252 e. The van der Waals surface area contributed by atoms with Crippen LogP contribution in [0.5, 0.6) is 0 Å². The molecule has 0 aromatic carbocycles. The second-order valence-electron chi connectivity index (χ2n) is 9.21. The van der Waals surface area contributed by atoms with Crippen LogP contribution >= 0.6 is 0 Å². The van der Waals surface area contributed by atoms with E-state index < -0.39 is 0 Å². The first-order valence-electron chi connectivity index (χ1n) is 13.0. The van der Waals surface area contributed by atoms with Crippen molar-refractivity contribution in [2.45, 2.75) is 13.1 Å². The first-order chi connectivity index (χ1) is 18.8. The molecule has 4 aromatic heterocycles. The topological polar surface area (TPSA) is 102 Å². The van der Waals surface area contributed by atoms with Gasteiger partial charge in [-0.05, 0) is 29.8 Å². The number of nitrogens with zero attached hydrogens (tertiary/aromatic N) is 4. The van der Waals surface area contributed by atoms with Crippen molar-refractivity contribution < 1.29 is 23.7 Å². The van der Waals surface area contributed by atoms with Gasteiger partial charge in [0.15, 0.2) is 0 Å². The number of fused-ring (bicyclic) bond motifs is 12. The minimum absolute atomic E-state index is 0.0844. The highest BCUT2D eigenvalue weighted by Crippen LogP contribution is 2.37. The van der Waals surface area contributed by atoms with E-state index in [0.717, 1.165) is 38.8 Å². The molecule has 0 atom stereocenters. The third-order valence-corrected chi connectivity index (χ3v) is 6.89. The number of hydrogen-bond donors (Lipinski definition) is 1. The molecule has 0 saturated carbocycles. The average Bonchev–Trinajstić information content (AvgIpc) is 3.61. The van der Waals surface area contributed by atoms with Crippen molar-refractivity contribution in [2.24, 2.45) is 0 Å². The average molecular weight is 518 g/mol. The van der Waals surface area contributed by atoms with E-state index in [0.29, 0.717) is 78.1 Å². The Morgan fingerprint density at radius 2 is 1.18 bits per heavy atom. The quantitative estimate of drug-likeness (QED) is 0.382. The number of carbonyl (C=O) groups excluding carboxylic acids is 1. The summed E-state index contributed by atoms with van der Waals surface area (Å²) in [6.07, 6.45) is 7.67. The molecule has 6 rings (SSSR count). The fraction of sp³-hybridized carbons (Fsp3) is 0.393.